The maximum absolute atomic E-state index is 12.5. The minimum absolute atomic E-state index is 0.0296. The number of hydrogen-bond acceptors (Lipinski definition) is 6. The lowest BCUT2D eigenvalue weighted by Gasteiger charge is -2.18. The van der Waals surface area contributed by atoms with Crippen LogP contribution in [0.1, 0.15) is 155 Å². The molecule has 0 aliphatic rings. The number of esters is 1. The van der Waals surface area contributed by atoms with Crippen LogP contribution in [0.2, 0.25) is 0 Å². The number of carboxylic acids is 1. The normalized spacial score (nSPS) is 12.5. The van der Waals surface area contributed by atoms with Gasteiger partial charge in [0.1, 0.15) is 12.1 Å². The number of carbonyl (C=O) groups is 4. The summed E-state index contributed by atoms with van der Waals surface area (Å²) in [5.74, 6) is -2.33. The van der Waals surface area contributed by atoms with Crippen molar-refractivity contribution in [2.75, 3.05) is 13.2 Å². The van der Waals surface area contributed by atoms with Crippen LogP contribution in [0.15, 0.2) is 0 Å². The van der Waals surface area contributed by atoms with Crippen molar-refractivity contribution in [3.63, 3.8) is 0 Å². The van der Waals surface area contributed by atoms with Crippen molar-refractivity contribution in [1.82, 2.24) is 10.6 Å². The van der Waals surface area contributed by atoms with Crippen LogP contribution in [-0.4, -0.2) is 59.3 Å². The number of rotatable bonds is 29. The highest BCUT2D eigenvalue weighted by Gasteiger charge is 2.19. The van der Waals surface area contributed by atoms with Crippen molar-refractivity contribution in [1.29, 1.82) is 0 Å². The molecular weight excluding hydrogens is 524 g/mol. The molecule has 2 amide bonds. The van der Waals surface area contributed by atoms with Crippen molar-refractivity contribution in [3.05, 3.63) is 0 Å². The molecule has 0 aliphatic carbocycles. The second-order valence-electron chi connectivity index (χ2n) is 11.3. The minimum atomic E-state index is -1.38. The zero-order valence-corrected chi connectivity index (χ0v) is 26.1. The van der Waals surface area contributed by atoms with Gasteiger partial charge in [0.2, 0.25) is 11.8 Å². The summed E-state index contributed by atoms with van der Waals surface area (Å²) in [6.45, 7) is 3.39. The highest BCUT2D eigenvalue weighted by molar-refractivity contribution is 5.87. The molecule has 0 bridgehead atoms. The molecule has 0 heterocycles. The second-order valence-corrected chi connectivity index (χ2v) is 11.3. The Bertz CT molecular complexity index is 687. The maximum Gasteiger partial charge on any atom is 0.328 e. The summed E-state index contributed by atoms with van der Waals surface area (Å²) >= 11 is 0. The third kappa shape index (κ3) is 25.3. The van der Waals surface area contributed by atoms with Crippen molar-refractivity contribution < 1.29 is 34.1 Å². The molecular formula is C32H60N2O7. The third-order valence-corrected chi connectivity index (χ3v) is 7.35. The summed E-state index contributed by atoms with van der Waals surface area (Å²) in [5, 5.41) is 22.4. The molecule has 9 heteroatoms. The van der Waals surface area contributed by atoms with Gasteiger partial charge in [0.05, 0.1) is 13.2 Å². The first-order chi connectivity index (χ1) is 19.8. The van der Waals surface area contributed by atoms with Crippen LogP contribution in [0, 0.1) is 0 Å². The average Bonchev–Trinajstić information content (AvgIpc) is 2.95. The Morgan fingerprint density at radius 3 is 1.59 bits per heavy atom. The standard InChI is InChI=1S/C32H60N2O7/c1-3-5-7-9-10-11-12-14-20-24-31(38)41-27(21-17-13-8-6-4-2)22-18-15-16-19-23-29(36)33-25-30(37)34-28(26-35)32(39)40/h27-28,35H,3-26H2,1-2H3,(H,33,36)(H,34,37)(H,39,40). The second kappa shape index (κ2) is 28.0. The van der Waals surface area contributed by atoms with E-state index < -0.39 is 24.5 Å². The third-order valence-electron chi connectivity index (χ3n) is 7.35. The number of aliphatic carboxylic acids is 1. The SMILES string of the molecule is CCCCCCCCCCCC(=O)OC(CCCCCCC)CCCCCCC(=O)NCC(=O)NC(CO)C(=O)O. The molecule has 9 nitrogen and oxygen atoms in total. The Labute approximate surface area is 249 Å². The van der Waals surface area contributed by atoms with Gasteiger partial charge in [-0.05, 0) is 38.5 Å². The van der Waals surface area contributed by atoms with Crippen LogP contribution in [0.4, 0.5) is 0 Å². The Balaban J connectivity index is 4.16. The van der Waals surface area contributed by atoms with Gasteiger partial charge in [0.15, 0.2) is 0 Å². The first-order valence-corrected chi connectivity index (χ1v) is 16.4. The molecule has 0 aromatic heterocycles. The molecule has 2 atom stereocenters. The zero-order chi connectivity index (χ0) is 30.6. The van der Waals surface area contributed by atoms with Gasteiger partial charge >= 0.3 is 11.9 Å². The molecule has 4 N–H and O–H groups in total. The minimum Gasteiger partial charge on any atom is -0.480 e. The number of carboxylic acid groups (broad SMARTS) is 1. The van der Waals surface area contributed by atoms with Gasteiger partial charge in [-0.2, -0.15) is 0 Å². The average molecular weight is 585 g/mol. The number of carbonyl (C=O) groups excluding carboxylic acids is 3. The molecule has 0 aromatic carbocycles. The topological polar surface area (TPSA) is 142 Å². The molecule has 0 aliphatic heterocycles. The van der Waals surface area contributed by atoms with Crippen molar-refractivity contribution in [2.45, 2.75) is 167 Å². The van der Waals surface area contributed by atoms with E-state index in [2.05, 4.69) is 24.5 Å². The van der Waals surface area contributed by atoms with Gasteiger partial charge in [0.25, 0.3) is 0 Å². The monoisotopic (exact) mass is 584 g/mol. The molecule has 0 rings (SSSR count). The summed E-state index contributed by atoms with van der Waals surface area (Å²) in [4.78, 5) is 47.0. The number of unbranched alkanes of at least 4 members (excludes halogenated alkanes) is 15. The van der Waals surface area contributed by atoms with Gasteiger partial charge < -0.3 is 25.6 Å². The Morgan fingerprint density at radius 2 is 1.10 bits per heavy atom. The molecule has 2 unspecified atom stereocenters. The van der Waals surface area contributed by atoms with E-state index in [9.17, 15) is 19.2 Å². The van der Waals surface area contributed by atoms with Crippen molar-refractivity contribution in [3.8, 4) is 0 Å². The summed E-state index contributed by atoms with van der Waals surface area (Å²) in [6, 6.07) is -1.38. The van der Waals surface area contributed by atoms with Crippen LogP contribution < -0.4 is 10.6 Å². The van der Waals surface area contributed by atoms with Crippen LogP contribution in [0.3, 0.4) is 0 Å². The van der Waals surface area contributed by atoms with E-state index in [1.807, 2.05) is 0 Å². The Morgan fingerprint density at radius 1 is 0.634 bits per heavy atom. The maximum atomic E-state index is 12.5. The lowest BCUT2D eigenvalue weighted by Crippen LogP contribution is -2.47. The molecule has 240 valence electrons. The van der Waals surface area contributed by atoms with Crippen LogP contribution in [0.25, 0.3) is 0 Å². The highest BCUT2D eigenvalue weighted by Crippen LogP contribution is 2.18. The fraction of sp³-hybridized carbons (Fsp3) is 0.875. The molecule has 0 fully saturated rings. The lowest BCUT2D eigenvalue weighted by atomic mass is 10.0. The molecule has 0 aromatic rings. The summed E-state index contributed by atoms with van der Waals surface area (Å²) < 4.78 is 5.89. The van der Waals surface area contributed by atoms with E-state index in [1.54, 1.807) is 0 Å². The largest absolute Gasteiger partial charge is 0.480 e. The number of amides is 2. The number of aliphatic hydroxyl groups excluding tert-OH is 1. The molecule has 41 heavy (non-hydrogen) atoms. The fourth-order valence-corrected chi connectivity index (χ4v) is 4.77. The van der Waals surface area contributed by atoms with Gasteiger partial charge in [-0.25, -0.2) is 4.79 Å². The molecule has 0 radical (unpaired) electrons. The fourth-order valence-electron chi connectivity index (χ4n) is 4.77. The smallest absolute Gasteiger partial charge is 0.328 e. The number of nitrogens with one attached hydrogen (secondary N) is 2. The highest BCUT2D eigenvalue weighted by atomic mass is 16.5. The van der Waals surface area contributed by atoms with Gasteiger partial charge in [-0.15, -0.1) is 0 Å². The predicted molar refractivity (Wildman–Crippen MR) is 162 cm³/mol. The molecule has 0 spiro atoms. The van der Waals surface area contributed by atoms with Crippen LogP contribution in [0.5, 0.6) is 0 Å². The molecule has 0 saturated heterocycles. The van der Waals surface area contributed by atoms with E-state index in [0.717, 1.165) is 51.4 Å². The van der Waals surface area contributed by atoms with Crippen molar-refractivity contribution in [2.24, 2.45) is 0 Å². The van der Waals surface area contributed by atoms with E-state index in [1.165, 1.54) is 70.6 Å². The van der Waals surface area contributed by atoms with E-state index in [-0.39, 0.29) is 30.9 Å². The van der Waals surface area contributed by atoms with E-state index in [0.29, 0.717) is 12.8 Å². The summed E-state index contributed by atoms with van der Waals surface area (Å²) in [6.07, 6.45) is 22.9. The van der Waals surface area contributed by atoms with Gasteiger partial charge in [-0.3, -0.25) is 14.4 Å². The number of ether oxygens (including phenoxy) is 1. The Hall–Kier alpha value is -2.16. The van der Waals surface area contributed by atoms with Gasteiger partial charge in [0, 0.05) is 12.8 Å². The first-order valence-electron chi connectivity index (χ1n) is 16.4. The first kappa shape index (κ1) is 38.8. The Kier molecular flexibility index (Phi) is 26.5. The van der Waals surface area contributed by atoms with Gasteiger partial charge in [-0.1, -0.05) is 104 Å². The van der Waals surface area contributed by atoms with E-state index in [4.69, 9.17) is 14.9 Å². The summed E-state index contributed by atoms with van der Waals surface area (Å²) in [7, 11) is 0. The number of hydrogen-bond donors (Lipinski definition) is 4. The number of aliphatic hydroxyl groups is 1. The lowest BCUT2D eigenvalue weighted by molar-refractivity contribution is -0.150. The predicted octanol–water partition coefficient (Wildman–Crippen LogP) is 6.20. The summed E-state index contributed by atoms with van der Waals surface area (Å²) in [5.41, 5.74) is 0. The quantitative estimate of drug-likeness (QED) is 0.0606. The molecule has 0 saturated carbocycles. The zero-order valence-electron chi connectivity index (χ0n) is 26.1. The van der Waals surface area contributed by atoms with Crippen LogP contribution in [-0.2, 0) is 23.9 Å². The van der Waals surface area contributed by atoms with Crippen LogP contribution >= 0.6 is 0 Å². The van der Waals surface area contributed by atoms with E-state index >= 15 is 0 Å². The van der Waals surface area contributed by atoms with Crippen molar-refractivity contribution >= 4 is 23.8 Å².